The zero-order chi connectivity index (χ0) is 25.4. The van der Waals surface area contributed by atoms with Crippen LogP contribution < -0.4 is 4.74 Å². The van der Waals surface area contributed by atoms with E-state index in [0.717, 1.165) is 18.5 Å². The molecule has 0 aliphatic rings. The second-order valence-corrected chi connectivity index (χ2v) is 10.3. The van der Waals surface area contributed by atoms with Crippen LogP contribution in [0.2, 0.25) is 0 Å². The number of carboxylic acids is 1. The highest BCUT2D eigenvalue weighted by Crippen LogP contribution is 2.32. The highest BCUT2D eigenvalue weighted by molar-refractivity contribution is 6.08. The van der Waals surface area contributed by atoms with Gasteiger partial charge in [-0.05, 0) is 24.6 Å². The Morgan fingerprint density at radius 3 is 1.81 bits per heavy atom. The van der Waals surface area contributed by atoms with Crippen LogP contribution in [-0.2, 0) is 11.3 Å². The molecule has 2 aromatic carbocycles. The number of carboxylic acid groups (broad SMARTS) is 1. The minimum absolute atomic E-state index is 0.315. The third kappa shape index (κ3) is 9.19. The Morgan fingerprint density at radius 1 is 0.694 bits per heavy atom. The van der Waals surface area contributed by atoms with Crippen LogP contribution in [0.5, 0.6) is 5.75 Å². The van der Waals surface area contributed by atoms with Crippen molar-refractivity contribution in [2.24, 2.45) is 0 Å². The summed E-state index contributed by atoms with van der Waals surface area (Å²) in [4.78, 5) is 10.9. The smallest absolute Gasteiger partial charge is 0.341 e. The summed E-state index contributed by atoms with van der Waals surface area (Å²) in [5, 5.41) is 11.4. The largest absolute Gasteiger partial charge is 0.482 e. The predicted octanol–water partition coefficient (Wildman–Crippen LogP) is 9.52. The van der Waals surface area contributed by atoms with E-state index in [4.69, 9.17) is 9.84 Å². The number of ether oxygens (including phenoxy) is 1. The quantitative estimate of drug-likeness (QED) is 0.159. The number of rotatable bonds is 20. The lowest BCUT2D eigenvalue weighted by Crippen LogP contribution is -2.09. The van der Waals surface area contributed by atoms with Crippen molar-refractivity contribution in [3.63, 3.8) is 0 Å². The van der Waals surface area contributed by atoms with Crippen LogP contribution in [0.25, 0.3) is 21.8 Å². The summed E-state index contributed by atoms with van der Waals surface area (Å²) in [6, 6.07) is 14.4. The molecule has 1 aromatic heterocycles. The van der Waals surface area contributed by atoms with Crippen LogP contribution in [0.4, 0.5) is 0 Å². The molecule has 0 aliphatic heterocycles. The molecule has 0 radical (unpaired) electrons. The number of para-hydroxylation sites is 1. The van der Waals surface area contributed by atoms with Gasteiger partial charge in [-0.1, -0.05) is 121 Å². The Bertz CT molecular complexity index is 1040. The lowest BCUT2D eigenvalue weighted by Gasteiger charge is -2.09. The number of hydrogen-bond acceptors (Lipinski definition) is 2. The molecular formula is C32H47NO3. The Balaban J connectivity index is 1.33. The van der Waals surface area contributed by atoms with E-state index in [2.05, 4.69) is 41.8 Å². The van der Waals surface area contributed by atoms with Crippen molar-refractivity contribution in [3.8, 4) is 5.75 Å². The molecule has 0 amide bonds. The van der Waals surface area contributed by atoms with Crippen molar-refractivity contribution >= 4 is 27.8 Å². The molecule has 36 heavy (non-hydrogen) atoms. The number of carbonyl (C=O) groups is 1. The summed E-state index contributed by atoms with van der Waals surface area (Å²) in [7, 11) is 0. The first-order valence-corrected chi connectivity index (χ1v) is 14.6. The molecule has 3 aromatic rings. The normalized spacial score (nSPS) is 11.5. The van der Waals surface area contributed by atoms with E-state index in [-0.39, 0.29) is 6.61 Å². The van der Waals surface area contributed by atoms with Crippen molar-refractivity contribution in [2.45, 2.75) is 116 Å². The average molecular weight is 494 g/mol. The minimum Gasteiger partial charge on any atom is -0.482 e. The van der Waals surface area contributed by atoms with Gasteiger partial charge in [0.2, 0.25) is 0 Å². The Morgan fingerprint density at radius 2 is 1.22 bits per heavy atom. The summed E-state index contributed by atoms with van der Waals surface area (Å²) in [5.74, 6) is -0.343. The summed E-state index contributed by atoms with van der Waals surface area (Å²) in [6.45, 7) is 2.95. The fourth-order valence-electron chi connectivity index (χ4n) is 5.32. The van der Waals surface area contributed by atoms with E-state index in [1.807, 2.05) is 12.1 Å². The lowest BCUT2D eigenvalue weighted by molar-refractivity contribution is -0.139. The minimum atomic E-state index is -0.955. The lowest BCUT2D eigenvalue weighted by atomic mass is 10.0. The van der Waals surface area contributed by atoms with E-state index in [9.17, 15) is 4.79 Å². The van der Waals surface area contributed by atoms with E-state index in [1.54, 1.807) is 0 Å². The number of nitrogens with zero attached hydrogens (tertiary/aromatic N) is 1. The van der Waals surface area contributed by atoms with Crippen LogP contribution >= 0.6 is 0 Å². The van der Waals surface area contributed by atoms with E-state index < -0.39 is 5.97 Å². The SMILES string of the molecule is CCCCCCCCCCCCCCCCCCn1c2ccccc2c2ccc(OCC(=O)O)cc21. The van der Waals surface area contributed by atoms with Gasteiger partial charge in [0.25, 0.3) is 0 Å². The standard InChI is InChI=1S/C32H47NO3/c1-2-3-4-5-6-7-8-9-10-11-12-13-14-15-16-19-24-33-30-21-18-17-20-28(30)29-23-22-27(25-31(29)33)36-26-32(34)35/h17-18,20-23,25H,2-16,19,24,26H2,1H3,(H,34,35). The van der Waals surface area contributed by atoms with Gasteiger partial charge in [-0.25, -0.2) is 4.79 Å². The number of benzene rings is 2. The second kappa shape index (κ2) is 16.3. The fourth-order valence-corrected chi connectivity index (χ4v) is 5.32. The van der Waals surface area contributed by atoms with Gasteiger partial charge in [-0.3, -0.25) is 0 Å². The molecule has 3 rings (SSSR count). The third-order valence-corrected chi connectivity index (χ3v) is 7.34. The molecule has 1 heterocycles. The molecule has 0 bridgehead atoms. The summed E-state index contributed by atoms with van der Waals surface area (Å²) < 4.78 is 7.83. The first-order chi connectivity index (χ1) is 17.7. The highest BCUT2D eigenvalue weighted by atomic mass is 16.5. The maximum absolute atomic E-state index is 10.9. The van der Waals surface area contributed by atoms with Gasteiger partial charge < -0.3 is 14.4 Å². The van der Waals surface area contributed by atoms with Gasteiger partial charge >= 0.3 is 5.97 Å². The van der Waals surface area contributed by atoms with Crippen LogP contribution in [0.1, 0.15) is 110 Å². The maximum Gasteiger partial charge on any atom is 0.341 e. The second-order valence-electron chi connectivity index (χ2n) is 10.3. The van der Waals surface area contributed by atoms with Gasteiger partial charge in [0.05, 0.1) is 5.52 Å². The average Bonchev–Trinajstić information content (AvgIpc) is 3.20. The number of aryl methyl sites for hydroxylation is 1. The molecule has 0 aliphatic carbocycles. The molecule has 1 N–H and O–H groups in total. The van der Waals surface area contributed by atoms with Crippen molar-refractivity contribution in [3.05, 3.63) is 42.5 Å². The van der Waals surface area contributed by atoms with Crippen molar-refractivity contribution in [1.29, 1.82) is 0 Å². The van der Waals surface area contributed by atoms with Crippen molar-refractivity contribution < 1.29 is 14.6 Å². The van der Waals surface area contributed by atoms with Gasteiger partial charge in [-0.2, -0.15) is 0 Å². The van der Waals surface area contributed by atoms with Gasteiger partial charge in [0.15, 0.2) is 6.61 Å². The zero-order valence-electron chi connectivity index (χ0n) is 22.5. The number of unbranched alkanes of at least 4 members (excludes halogenated alkanes) is 15. The molecule has 198 valence electrons. The molecule has 0 spiro atoms. The van der Waals surface area contributed by atoms with Gasteiger partial charge in [0.1, 0.15) is 5.75 Å². The molecular weight excluding hydrogens is 446 g/mol. The van der Waals surface area contributed by atoms with Crippen LogP contribution in [-0.4, -0.2) is 22.2 Å². The monoisotopic (exact) mass is 493 g/mol. The van der Waals surface area contributed by atoms with Crippen LogP contribution in [0, 0.1) is 0 Å². The van der Waals surface area contributed by atoms with E-state index in [0.29, 0.717) is 5.75 Å². The number of aromatic nitrogens is 1. The molecule has 0 fully saturated rings. The van der Waals surface area contributed by atoms with Gasteiger partial charge in [0, 0.05) is 28.9 Å². The first kappa shape index (κ1) is 28.1. The molecule has 0 saturated heterocycles. The summed E-state index contributed by atoms with van der Waals surface area (Å²) in [6.07, 6.45) is 22.0. The third-order valence-electron chi connectivity index (χ3n) is 7.34. The van der Waals surface area contributed by atoms with Crippen molar-refractivity contribution in [1.82, 2.24) is 4.57 Å². The topological polar surface area (TPSA) is 51.5 Å². The van der Waals surface area contributed by atoms with Crippen molar-refractivity contribution in [2.75, 3.05) is 6.61 Å². The van der Waals surface area contributed by atoms with Gasteiger partial charge in [-0.15, -0.1) is 0 Å². The van der Waals surface area contributed by atoms with E-state index in [1.165, 1.54) is 113 Å². The first-order valence-electron chi connectivity index (χ1n) is 14.6. The van der Waals surface area contributed by atoms with Crippen LogP contribution in [0.3, 0.4) is 0 Å². The Kier molecular flexibility index (Phi) is 12.7. The molecule has 0 saturated carbocycles. The predicted molar refractivity (Wildman–Crippen MR) is 152 cm³/mol. The summed E-state index contributed by atoms with van der Waals surface area (Å²) in [5.41, 5.74) is 2.36. The number of hydrogen-bond donors (Lipinski definition) is 1. The molecule has 4 nitrogen and oxygen atoms in total. The molecule has 0 unspecified atom stereocenters. The Labute approximate surface area is 218 Å². The highest BCUT2D eigenvalue weighted by Gasteiger charge is 2.11. The van der Waals surface area contributed by atoms with Crippen LogP contribution in [0.15, 0.2) is 42.5 Å². The number of fused-ring (bicyclic) bond motifs is 3. The van der Waals surface area contributed by atoms with E-state index >= 15 is 0 Å². The fraction of sp³-hybridized carbons (Fsp3) is 0.594. The maximum atomic E-state index is 10.9. The molecule has 0 atom stereocenters. The molecule has 4 heteroatoms. The zero-order valence-corrected chi connectivity index (χ0v) is 22.5. The number of aliphatic carboxylic acids is 1. The Hall–Kier alpha value is -2.49. The summed E-state index contributed by atoms with van der Waals surface area (Å²) >= 11 is 0.